The summed E-state index contributed by atoms with van der Waals surface area (Å²) in [5.74, 6) is 0.128. The smallest absolute Gasteiger partial charge is 0.254 e. The molecule has 0 aromatic heterocycles. The van der Waals surface area contributed by atoms with E-state index in [1.54, 1.807) is 0 Å². The van der Waals surface area contributed by atoms with E-state index in [9.17, 15) is 4.79 Å². The number of nitrogens with two attached hydrogens (primary N) is 1. The lowest BCUT2D eigenvalue weighted by Gasteiger charge is -2.32. The molecule has 1 amide bonds. The highest BCUT2D eigenvalue weighted by Gasteiger charge is 2.24. The van der Waals surface area contributed by atoms with Gasteiger partial charge in [-0.1, -0.05) is 50.6 Å². The van der Waals surface area contributed by atoms with Crippen molar-refractivity contribution in [1.29, 1.82) is 0 Å². The number of rotatable bonds is 3. The molecule has 0 spiro atoms. The van der Waals surface area contributed by atoms with Crippen molar-refractivity contribution in [2.45, 2.75) is 33.6 Å². The van der Waals surface area contributed by atoms with Crippen molar-refractivity contribution in [3.8, 4) is 0 Å². The Kier molecular flexibility index (Phi) is 4.84. The molecule has 1 aliphatic heterocycles. The summed E-state index contributed by atoms with van der Waals surface area (Å²) in [6.07, 6.45) is 3.93. The van der Waals surface area contributed by atoms with E-state index in [0.29, 0.717) is 13.1 Å². The third-order valence-corrected chi connectivity index (χ3v) is 4.12. The van der Waals surface area contributed by atoms with Gasteiger partial charge in [-0.05, 0) is 36.4 Å². The highest BCUT2D eigenvalue weighted by molar-refractivity contribution is 5.96. The second-order valence-electron chi connectivity index (χ2n) is 6.68. The van der Waals surface area contributed by atoms with Crippen LogP contribution in [0.3, 0.4) is 0 Å². The first-order valence-electron chi connectivity index (χ1n) is 7.70. The fourth-order valence-electron chi connectivity index (χ4n) is 2.81. The molecule has 0 fully saturated rings. The van der Waals surface area contributed by atoms with Crippen LogP contribution in [0, 0.1) is 5.41 Å². The molecule has 2 rings (SSSR count). The first-order chi connectivity index (χ1) is 9.93. The topological polar surface area (TPSA) is 46.3 Å². The molecular formula is C18H26N2O. The minimum Gasteiger partial charge on any atom is -0.335 e. The Morgan fingerprint density at radius 3 is 2.57 bits per heavy atom. The Hall–Kier alpha value is -1.61. The molecule has 21 heavy (non-hydrogen) atoms. The maximum absolute atomic E-state index is 12.7. The van der Waals surface area contributed by atoms with Gasteiger partial charge >= 0.3 is 0 Å². The van der Waals surface area contributed by atoms with E-state index in [2.05, 4.69) is 26.8 Å². The number of hydrogen-bond acceptors (Lipinski definition) is 2. The van der Waals surface area contributed by atoms with Crippen LogP contribution in [-0.2, 0) is 6.42 Å². The SMILES string of the molecule is CC(C)(C)C1=CCN(C(=O)c2ccccc2CCN)CC1. The zero-order chi connectivity index (χ0) is 15.5. The summed E-state index contributed by atoms with van der Waals surface area (Å²) >= 11 is 0. The van der Waals surface area contributed by atoms with Crippen LogP contribution in [0.2, 0.25) is 0 Å². The molecule has 2 N–H and O–H groups in total. The van der Waals surface area contributed by atoms with Crippen molar-refractivity contribution in [2.75, 3.05) is 19.6 Å². The monoisotopic (exact) mass is 286 g/mol. The van der Waals surface area contributed by atoms with Crippen LogP contribution in [0.15, 0.2) is 35.9 Å². The second-order valence-corrected chi connectivity index (χ2v) is 6.68. The molecule has 114 valence electrons. The lowest BCUT2D eigenvalue weighted by molar-refractivity contribution is 0.0764. The van der Waals surface area contributed by atoms with Gasteiger partial charge in [-0.3, -0.25) is 4.79 Å². The van der Waals surface area contributed by atoms with Crippen molar-refractivity contribution in [2.24, 2.45) is 11.1 Å². The van der Waals surface area contributed by atoms with Gasteiger partial charge in [0, 0.05) is 18.7 Å². The van der Waals surface area contributed by atoms with Gasteiger partial charge in [0.25, 0.3) is 5.91 Å². The predicted molar refractivity (Wildman–Crippen MR) is 87.3 cm³/mol. The van der Waals surface area contributed by atoms with E-state index in [-0.39, 0.29) is 11.3 Å². The van der Waals surface area contributed by atoms with Crippen molar-refractivity contribution in [3.63, 3.8) is 0 Å². The van der Waals surface area contributed by atoms with Gasteiger partial charge in [0.1, 0.15) is 0 Å². The fourth-order valence-corrected chi connectivity index (χ4v) is 2.81. The highest BCUT2D eigenvalue weighted by Crippen LogP contribution is 2.30. The minimum absolute atomic E-state index is 0.128. The molecule has 0 atom stereocenters. The van der Waals surface area contributed by atoms with Gasteiger partial charge in [-0.25, -0.2) is 0 Å². The zero-order valence-electron chi connectivity index (χ0n) is 13.4. The van der Waals surface area contributed by atoms with Gasteiger partial charge in [0.15, 0.2) is 0 Å². The van der Waals surface area contributed by atoms with Gasteiger partial charge in [0.05, 0.1) is 0 Å². The standard InChI is InChI=1S/C18H26N2O/c1-18(2,3)15-9-12-20(13-10-15)17(21)16-7-5-4-6-14(16)8-11-19/h4-7,9H,8,10-13,19H2,1-3H3. The zero-order valence-corrected chi connectivity index (χ0v) is 13.4. The van der Waals surface area contributed by atoms with E-state index >= 15 is 0 Å². The summed E-state index contributed by atoms with van der Waals surface area (Å²) < 4.78 is 0. The molecular weight excluding hydrogens is 260 g/mol. The highest BCUT2D eigenvalue weighted by atomic mass is 16.2. The number of benzene rings is 1. The largest absolute Gasteiger partial charge is 0.335 e. The van der Waals surface area contributed by atoms with Crippen molar-refractivity contribution in [3.05, 3.63) is 47.0 Å². The number of nitrogens with zero attached hydrogens (tertiary/aromatic N) is 1. The quantitative estimate of drug-likeness (QED) is 0.868. The molecule has 1 aromatic rings. The molecule has 3 nitrogen and oxygen atoms in total. The summed E-state index contributed by atoms with van der Waals surface area (Å²) in [7, 11) is 0. The number of hydrogen-bond donors (Lipinski definition) is 1. The molecule has 0 bridgehead atoms. The molecule has 0 unspecified atom stereocenters. The Balaban J connectivity index is 2.14. The van der Waals surface area contributed by atoms with Gasteiger partial charge in [0.2, 0.25) is 0 Å². The van der Waals surface area contributed by atoms with Crippen molar-refractivity contribution >= 4 is 5.91 Å². The molecule has 0 saturated carbocycles. The Bertz CT molecular complexity index is 540. The number of carbonyl (C=O) groups is 1. The summed E-state index contributed by atoms with van der Waals surface area (Å²) in [6.45, 7) is 8.77. The summed E-state index contributed by atoms with van der Waals surface area (Å²) in [4.78, 5) is 14.6. The number of carbonyl (C=O) groups excluding carboxylic acids is 1. The molecule has 1 aromatic carbocycles. The Morgan fingerprint density at radius 1 is 1.29 bits per heavy atom. The minimum atomic E-state index is 0.128. The second kappa shape index (κ2) is 6.44. The Morgan fingerprint density at radius 2 is 2.00 bits per heavy atom. The third-order valence-electron chi connectivity index (χ3n) is 4.12. The first kappa shape index (κ1) is 15.8. The maximum Gasteiger partial charge on any atom is 0.254 e. The molecule has 1 heterocycles. The molecule has 1 aliphatic rings. The first-order valence-corrected chi connectivity index (χ1v) is 7.70. The molecule has 0 aliphatic carbocycles. The normalized spacial score (nSPS) is 15.8. The van der Waals surface area contributed by atoms with Crippen LogP contribution in [-0.4, -0.2) is 30.4 Å². The lowest BCUT2D eigenvalue weighted by Crippen LogP contribution is -2.37. The van der Waals surface area contributed by atoms with Crippen LogP contribution in [0.1, 0.15) is 43.1 Å². The summed E-state index contributed by atoms with van der Waals surface area (Å²) in [6, 6.07) is 7.81. The summed E-state index contributed by atoms with van der Waals surface area (Å²) in [5, 5.41) is 0. The summed E-state index contributed by atoms with van der Waals surface area (Å²) in [5.41, 5.74) is 9.14. The van der Waals surface area contributed by atoms with Gasteiger partial charge in [-0.15, -0.1) is 0 Å². The van der Waals surface area contributed by atoms with Crippen LogP contribution in [0.25, 0.3) is 0 Å². The van der Waals surface area contributed by atoms with Crippen LogP contribution in [0.5, 0.6) is 0 Å². The maximum atomic E-state index is 12.7. The average molecular weight is 286 g/mol. The van der Waals surface area contributed by atoms with Crippen LogP contribution in [0.4, 0.5) is 0 Å². The van der Waals surface area contributed by atoms with Gasteiger partial charge < -0.3 is 10.6 Å². The van der Waals surface area contributed by atoms with E-state index < -0.39 is 0 Å². The van der Waals surface area contributed by atoms with Crippen LogP contribution < -0.4 is 5.73 Å². The number of amides is 1. The molecule has 3 heteroatoms. The fraction of sp³-hybridized carbons (Fsp3) is 0.500. The van der Waals surface area contributed by atoms with E-state index in [4.69, 9.17) is 5.73 Å². The predicted octanol–water partition coefficient (Wildman–Crippen LogP) is 3.01. The van der Waals surface area contributed by atoms with Crippen LogP contribution >= 0.6 is 0 Å². The average Bonchev–Trinajstić information content (AvgIpc) is 2.47. The third kappa shape index (κ3) is 3.73. The van der Waals surface area contributed by atoms with Gasteiger partial charge in [-0.2, -0.15) is 0 Å². The Labute approximate surface area is 127 Å². The molecule has 0 radical (unpaired) electrons. The van der Waals surface area contributed by atoms with E-state index in [0.717, 1.165) is 30.5 Å². The van der Waals surface area contributed by atoms with E-state index in [1.807, 2.05) is 29.2 Å². The lowest BCUT2D eigenvalue weighted by atomic mass is 9.83. The van der Waals surface area contributed by atoms with Crippen molar-refractivity contribution < 1.29 is 4.79 Å². The van der Waals surface area contributed by atoms with Crippen molar-refractivity contribution in [1.82, 2.24) is 4.90 Å². The van der Waals surface area contributed by atoms with E-state index in [1.165, 1.54) is 5.57 Å². The molecule has 0 saturated heterocycles.